The van der Waals surface area contributed by atoms with Crippen molar-refractivity contribution in [2.45, 2.75) is 0 Å². The number of hydrogen-bond acceptors (Lipinski definition) is 6. The molecule has 1 saturated heterocycles. The number of imide groups is 1. The lowest BCUT2D eigenvalue weighted by Gasteiger charge is -2.16. The van der Waals surface area contributed by atoms with E-state index in [2.05, 4.69) is 5.32 Å². The minimum Gasteiger partial charge on any atom is -0.494 e. The zero-order valence-corrected chi connectivity index (χ0v) is 15.1. The SMILES string of the molecule is O=C(NCCN1C(=O)S/C(=C/c2ccc(Cl)cc2)C1=O)C1=COCCO1. The van der Waals surface area contributed by atoms with Gasteiger partial charge >= 0.3 is 0 Å². The van der Waals surface area contributed by atoms with E-state index in [0.717, 1.165) is 22.2 Å². The van der Waals surface area contributed by atoms with Crippen LogP contribution in [0.25, 0.3) is 6.08 Å². The van der Waals surface area contributed by atoms with Crippen molar-refractivity contribution in [3.63, 3.8) is 0 Å². The Morgan fingerprint density at radius 1 is 1.27 bits per heavy atom. The number of amides is 3. The van der Waals surface area contributed by atoms with Crippen molar-refractivity contribution in [2.24, 2.45) is 0 Å². The van der Waals surface area contributed by atoms with Crippen LogP contribution in [-0.2, 0) is 19.1 Å². The van der Waals surface area contributed by atoms with Crippen molar-refractivity contribution < 1.29 is 23.9 Å². The van der Waals surface area contributed by atoms with Crippen molar-refractivity contribution >= 4 is 46.5 Å². The summed E-state index contributed by atoms with van der Waals surface area (Å²) in [7, 11) is 0. The predicted octanol–water partition coefficient (Wildman–Crippen LogP) is 2.38. The van der Waals surface area contributed by atoms with Gasteiger partial charge in [0.25, 0.3) is 17.1 Å². The highest BCUT2D eigenvalue weighted by Crippen LogP contribution is 2.32. The molecule has 0 spiro atoms. The van der Waals surface area contributed by atoms with Gasteiger partial charge in [0, 0.05) is 18.1 Å². The monoisotopic (exact) mass is 394 g/mol. The molecule has 9 heteroatoms. The van der Waals surface area contributed by atoms with Gasteiger partial charge in [0.2, 0.25) is 5.76 Å². The average Bonchev–Trinajstić information content (AvgIpc) is 2.91. The molecule has 26 heavy (non-hydrogen) atoms. The fraction of sp³-hybridized carbons (Fsp3) is 0.235. The molecule has 0 aliphatic carbocycles. The maximum atomic E-state index is 12.4. The molecule has 2 heterocycles. The van der Waals surface area contributed by atoms with Crippen molar-refractivity contribution in [1.29, 1.82) is 0 Å². The normalized spacial score (nSPS) is 18.4. The van der Waals surface area contributed by atoms with Crippen LogP contribution in [0.4, 0.5) is 4.79 Å². The number of benzene rings is 1. The Labute approximate surface area is 159 Å². The van der Waals surface area contributed by atoms with E-state index in [1.165, 1.54) is 6.26 Å². The van der Waals surface area contributed by atoms with Crippen LogP contribution in [0.1, 0.15) is 5.56 Å². The summed E-state index contributed by atoms with van der Waals surface area (Å²) in [5, 5.41) is 2.81. The van der Waals surface area contributed by atoms with E-state index in [1.807, 2.05) is 0 Å². The summed E-state index contributed by atoms with van der Waals surface area (Å²) in [5.41, 5.74) is 0.773. The van der Waals surface area contributed by atoms with Crippen LogP contribution in [0.3, 0.4) is 0 Å². The van der Waals surface area contributed by atoms with E-state index < -0.39 is 5.91 Å². The van der Waals surface area contributed by atoms with Gasteiger partial charge in [-0.2, -0.15) is 0 Å². The van der Waals surface area contributed by atoms with E-state index in [0.29, 0.717) is 23.1 Å². The van der Waals surface area contributed by atoms with Gasteiger partial charge in [-0.05, 0) is 35.5 Å². The maximum Gasteiger partial charge on any atom is 0.293 e. The molecule has 3 rings (SSSR count). The topological polar surface area (TPSA) is 84.9 Å². The van der Waals surface area contributed by atoms with Gasteiger partial charge < -0.3 is 14.8 Å². The van der Waals surface area contributed by atoms with E-state index >= 15 is 0 Å². The van der Waals surface area contributed by atoms with Crippen LogP contribution >= 0.6 is 23.4 Å². The summed E-state index contributed by atoms with van der Waals surface area (Å²) in [6, 6.07) is 6.94. The highest BCUT2D eigenvalue weighted by molar-refractivity contribution is 8.18. The second-order valence-electron chi connectivity index (χ2n) is 5.34. The molecule has 1 fully saturated rings. The van der Waals surface area contributed by atoms with E-state index in [4.69, 9.17) is 21.1 Å². The Morgan fingerprint density at radius 2 is 2.04 bits per heavy atom. The average molecular weight is 395 g/mol. The van der Waals surface area contributed by atoms with Gasteiger partial charge in [-0.15, -0.1) is 0 Å². The molecule has 0 radical (unpaired) electrons. The first kappa shape index (κ1) is 18.3. The maximum absolute atomic E-state index is 12.4. The molecule has 0 unspecified atom stereocenters. The van der Waals surface area contributed by atoms with Crippen molar-refractivity contribution in [2.75, 3.05) is 26.3 Å². The number of ether oxygens (including phenoxy) is 2. The zero-order valence-electron chi connectivity index (χ0n) is 13.6. The van der Waals surface area contributed by atoms with Crippen LogP contribution in [0.2, 0.25) is 5.02 Å². The minimum absolute atomic E-state index is 0.0719. The fourth-order valence-electron chi connectivity index (χ4n) is 2.26. The molecule has 0 bridgehead atoms. The van der Waals surface area contributed by atoms with Crippen molar-refractivity contribution in [3.05, 3.63) is 51.8 Å². The number of rotatable bonds is 5. The van der Waals surface area contributed by atoms with Crippen molar-refractivity contribution in [1.82, 2.24) is 10.2 Å². The fourth-order valence-corrected chi connectivity index (χ4v) is 3.25. The summed E-state index contributed by atoms with van der Waals surface area (Å²) < 4.78 is 10.2. The molecular weight excluding hydrogens is 380 g/mol. The summed E-state index contributed by atoms with van der Waals surface area (Å²) >= 11 is 6.70. The number of carbonyl (C=O) groups is 3. The molecule has 136 valence electrons. The van der Waals surface area contributed by atoms with Gasteiger partial charge in [0.1, 0.15) is 19.5 Å². The molecule has 0 saturated carbocycles. The zero-order chi connectivity index (χ0) is 18.5. The largest absolute Gasteiger partial charge is 0.494 e. The lowest BCUT2D eigenvalue weighted by molar-refractivity contribution is -0.124. The minimum atomic E-state index is -0.451. The van der Waals surface area contributed by atoms with E-state index in [-0.39, 0.29) is 30.0 Å². The smallest absolute Gasteiger partial charge is 0.293 e. The second-order valence-corrected chi connectivity index (χ2v) is 6.77. The molecule has 1 aromatic carbocycles. The Kier molecular flexibility index (Phi) is 5.85. The summed E-state index contributed by atoms with van der Waals surface area (Å²) in [5.74, 6) is -0.762. The van der Waals surface area contributed by atoms with Gasteiger partial charge in [-0.1, -0.05) is 23.7 Å². The lowest BCUT2D eigenvalue weighted by atomic mass is 10.2. The van der Waals surface area contributed by atoms with Crippen LogP contribution in [0, 0.1) is 0 Å². The number of nitrogens with one attached hydrogen (secondary N) is 1. The Morgan fingerprint density at radius 3 is 2.73 bits per heavy atom. The Balaban J connectivity index is 1.56. The molecule has 2 aliphatic heterocycles. The highest BCUT2D eigenvalue weighted by atomic mass is 35.5. The van der Waals surface area contributed by atoms with Gasteiger partial charge in [-0.3, -0.25) is 19.3 Å². The van der Waals surface area contributed by atoms with Gasteiger partial charge in [0.05, 0.1) is 4.91 Å². The van der Waals surface area contributed by atoms with E-state index in [9.17, 15) is 14.4 Å². The van der Waals surface area contributed by atoms with Crippen LogP contribution in [-0.4, -0.2) is 48.3 Å². The number of nitrogens with zero attached hydrogens (tertiary/aromatic N) is 1. The second kappa shape index (κ2) is 8.29. The highest BCUT2D eigenvalue weighted by Gasteiger charge is 2.34. The third-order valence-corrected chi connectivity index (χ3v) is 4.69. The number of carbonyl (C=O) groups excluding carboxylic acids is 3. The first-order chi connectivity index (χ1) is 12.5. The third kappa shape index (κ3) is 4.39. The van der Waals surface area contributed by atoms with Crippen LogP contribution in [0.15, 0.2) is 41.2 Å². The lowest BCUT2D eigenvalue weighted by Crippen LogP contribution is -2.38. The molecule has 2 aliphatic rings. The first-order valence-corrected chi connectivity index (χ1v) is 8.98. The van der Waals surface area contributed by atoms with E-state index in [1.54, 1.807) is 30.3 Å². The Hall–Kier alpha value is -2.45. The van der Waals surface area contributed by atoms with Crippen molar-refractivity contribution in [3.8, 4) is 0 Å². The standard InChI is InChI=1S/C17H15ClN2O5S/c18-12-3-1-11(2-4-12)9-14-16(22)20(17(23)26-14)6-5-19-15(21)13-10-24-7-8-25-13/h1-4,9-10H,5-8H2,(H,19,21)/b14-9+. The third-order valence-electron chi connectivity index (χ3n) is 3.54. The quantitative estimate of drug-likeness (QED) is 0.772. The Bertz CT molecular complexity index is 791. The number of hydrogen-bond donors (Lipinski definition) is 1. The summed E-state index contributed by atoms with van der Waals surface area (Å²) in [6.45, 7) is 0.889. The van der Waals surface area contributed by atoms with Crippen LogP contribution < -0.4 is 5.32 Å². The number of halogens is 1. The summed E-state index contributed by atoms with van der Waals surface area (Å²) in [6.07, 6.45) is 2.88. The molecule has 0 aromatic heterocycles. The summed E-state index contributed by atoms with van der Waals surface area (Å²) in [4.78, 5) is 37.7. The molecule has 1 aromatic rings. The molecule has 1 N–H and O–H groups in total. The molecular formula is C17H15ClN2O5S. The number of thioether (sulfide) groups is 1. The van der Waals surface area contributed by atoms with Crippen LogP contribution in [0.5, 0.6) is 0 Å². The molecule has 7 nitrogen and oxygen atoms in total. The van der Waals surface area contributed by atoms with Gasteiger partial charge in [0.15, 0.2) is 0 Å². The predicted molar refractivity (Wildman–Crippen MR) is 97.1 cm³/mol. The van der Waals surface area contributed by atoms with Gasteiger partial charge in [-0.25, -0.2) is 0 Å². The molecule has 3 amide bonds. The first-order valence-electron chi connectivity index (χ1n) is 7.78. The molecule has 0 atom stereocenters.